The molecule has 0 bridgehead atoms. The van der Waals surface area contributed by atoms with Gasteiger partial charge in [0, 0.05) is 0 Å². The minimum Gasteiger partial charge on any atom is -0.480 e. The van der Waals surface area contributed by atoms with Gasteiger partial charge in [0.1, 0.15) is 17.8 Å². The topological polar surface area (TPSA) is 74.7 Å². The number of nitrogens with zero attached hydrogens (tertiary/aromatic N) is 1. The summed E-state index contributed by atoms with van der Waals surface area (Å²) in [6.07, 6.45) is -14.0. The van der Waals surface area contributed by atoms with E-state index in [0.29, 0.717) is 0 Å². The van der Waals surface area contributed by atoms with Gasteiger partial charge in [-0.3, -0.25) is 4.79 Å². The van der Waals surface area contributed by atoms with Crippen LogP contribution in [-0.2, 0) is 21.0 Å². The van der Waals surface area contributed by atoms with E-state index in [2.05, 4.69) is 0 Å². The summed E-state index contributed by atoms with van der Waals surface area (Å²) in [5.74, 6) is -33.7. The summed E-state index contributed by atoms with van der Waals surface area (Å²) in [7, 11) is -8.28. The average Bonchev–Trinajstić information content (AvgIpc) is 2.63. The van der Waals surface area contributed by atoms with Crippen LogP contribution in [0.4, 0.5) is 75.9 Å². The fourth-order valence-electron chi connectivity index (χ4n) is 2.16. The van der Waals surface area contributed by atoms with Crippen LogP contribution in [0.25, 0.3) is 0 Å². The summed E-state index contributed by atoms with van der Waals surface area (Å²) in [5, 5.41) is 0.619. The van der Waals surface area contributed by atoms with Crippen molar-refractivity contribution in [1.29, 1.82) is 0 Å². The Balaban J connectivity index is 4.10. The van der Waals surface area contributed by atoms with E-state index in [9.17, 15) is 83.5 Å². The second-order valence-electron chi connectivity index (χ2n) is 6.05. The molecule has 5 nitrogen and oxygen atoms in total. The molecule has 0 fully saturated rings. The highest BCUT2D eigenvalue weighted by Gasteiger charge is 2.86. The predicted octanol–water partition coefficient (Wildman–Crippen LogP) is 4.91. The largest absolute Gasteiger partial charge is 0.480 e. The number of carboxylic acid groups (broad SMARTS) is 1. The molecule has 202 valence electrons. The van der Waals surface area contributed by atoms with Crippen LogP contribution in [0.15, 0.2) is 0 Å². The SMILES string of the molecule is O=C(O)CN(c1c(F)c(F)c(C(F)(F)F)c(F)c1F)S(=O)(=O)C(F)(F)C(F)(F)C(F)(F)C(F)(F)F. The fraction of sp³-hybridized carbons (Fsp3) is 0.462. The van der Waals surface area contributed by atoms with Crippen LogP contribution in [0.1, 0.15) is 5.56 Å². The maximum absolute atomic E-state index is 14.0. The highest BCUT2D eigenvalue weighted by molar-refractivity contribution is 7.93. The van der Waals surface area contributed by atoms with Crippen molar-refractivity contribution in [3.8, 4) is 0 Å². The Morgan fingerprint density at radius 1 is 0.714 bits per heavy atom. The smallest absolute Gasteiger partial charge is 0.460 e. The van der Waals surface area contributed by atoms with E-state index in [1.807, 2.05) is 0 Å². The van der Waals surface area contributed by atoms with Crippen molar-refractivity contribution >= 4 is 21.7 Å². The number of alkyl halides is 12. The zero-order valence-corrected chi connectivity index (χ0v) is 16.1. The average molecular weight is 573 g/mol. The Hall–Kier alpha value is -2.68. The summed E-state index contributed by atoms with van der Waals surface area (Å²) in [5.41, 5.74) is -6.94. The van der Waals surface area contributed by atoms with Crippen molar-refractivity contribution in [2.45, 2.75) is 29.5 Å². The minimum atomic E-state index is -8.28. The van der Waals surface area contributed by atoms with Crippen LogP contribution in [0.3, 0.4) is 0 Å². The van der Waals surface area contributed by atoms with E-state index in [1.165, 1.54) is 0 Å². The van der Waals surface area contributed by atoms with Crippen molar-refractivity contribution in [2.75, 3.05) is 10.8 Å². The second kappa shape index (κ2) is 8.47. The lowest BCUT2D eigenvalue weighted by molar-refractivity contribution is -0.382. The normalized spacial score (nSPS) is 14.3. The van der Waals surface area contributed by atoms with Crippen molar-refractivity contribution in [3.63, 3.8) is 0 Å². The first-order chi connectivity index (χ1) is 15.2. The molecule has 0 radical (unpaired) electrons. The molecule has 0 aliphatic carbocycles. The summed E-state index contributed by atoms with van der Waals surface area (Å²) >= 11 is 0. The number of hydrogen-bond donors (Lipinski definition) is 1. The minimum absolute atomic E-state index is 2.35. The van der Waals surface area contributed by atoms with E-state index in [4.69, 9.17) is 5.11 Å². The molecule has 0 unspecified atom stereocenters. The number of carbonyl (C=O) groups is 1. The van der Waals surface area contributed by atoms with E-state index in [-0.39, 0.29) is 0 Å². The molecule has 35 heavy (non-hydrogen) atoms. The molecule has 1 aromatic carbocycles. The number of aliphatic carboxylic acids is 1. The molecular weight excluding hydrogens is 570 g/mol. The molecule has 0 saturated carbocycles. The molecule has 0 amide bonds. The third kappa shape index (κ3) is 4.50. The van der Waals surface area contributed by atoms with E-state index in [0.717, 1.165) is 0 Å². The van der Waals surface area contributed by atoms with E-state index >= 15 is 0 Å². The van der Waals surface area contributed by atoms with Crippen LogP contribution in [0, 0.1) is 23.3 Å². The quantitative estimate of drug-likeness (QED) is 0.372. The lowest BCUT2D eigenvalue weighted by atomic mass is 10.1. The molecule has 0 spiro atoms. The number of benzene rings is 1. The van der Waals surface area contributed by atoms with Crippen LogP contribution in [0.5, 0.6) is 0 Å². The van der Waals surface area contributed by atoms with Gasteiger partial charge in [-0.1, -0.05) is 0 Å². The number of rotatable bonds is 7. The van der Waals surface area contributed by atoms with Crippen LogP contribution in [0.2, 0.25) is 0 Å². The molecule has 1 N–H and O–H groups in total. The Labute approximate surface area is 180 Å². The van der Waals surface area contributed by atoms with Gasteiger partial charge >= 0.3 is 45.4 Å². The molecule has 0 atom stereocenters. The van der Waals surface area contributed by atoms with E-state index in [1.54, 1.807) is 0 Å². The van der Waals surface area contributed by atoms with Gasteiger partial charge in [0.25, 0.3) is 0 Å². The van der Waals surface area contributed by atoms with Gasteiger partial charge in [0.2, 0.25) is 0 Å². The zero-order chi connectivity index (χ0) is 28.3. The molecule has 0 saturated heterocycles. The third-order valence-corrected chi connectivity index (χ3v) is 5.58. The van der Waals surface area contributed by atoms with Gasteiger partial charge in [0.05, 0.1) is 0 Å². The maximum atomic E-state index is 14.0. The Kier molecular flexibility index (Phi) is 7.34. The number of sulfonamides is 1. The molecule has 1 rings (SSSR count). The molecule has 0 aromatic heterocycles. The highest BCUT2D eigenvalue weighted by atomic mass is 32.2. The molecule has 0 heterocycles. The first kappa shape index (κ1) is 30.4. The molecule has 0 aliphatic heterocycles. The van der Waals surface area contributed by atoms with Gasteiger partial charge in [0.15, 0.2) is 23.3 Å². The van der Waals surface area contributed by atoms with Gasteiger partial charge in [-0.15, -0.1) is 0 Å². The molecule has 0 aliphatic rings. The first-order valence-corrected chi connectivity index (χ1v) is 9.00. The molecule has 22 heteroatoms. The Morgan fingerprint density at radius 2 is 1.09 bits per heavy atom. The number of hydrogen-bond acceptors (Lipinski definition) is 3. The third-order valence-electron chi connectivity index (χ3n) is 3.78. The second-order valence-corrected chi connectivity index (χ2v) is 7.95. The van der Waals surface area contributed by atoms with Crippen molar-refractivity contribution in [1.82, 2.24) is 0 Å². The van der Waals surface area contributed by atoms with Crippen molar-refractivity contribution < 1.29 is 88.6 Å². The lowest BCUT2D eigenvalue weighted by Crippen LogP contribution is -2.65. The van der Waals surface area contributed by atoms with Crippen molar-refractivity contribution in [3.05, 3.63) is 28.8 Å². The lowest BCUT2D eigenvalue weighted by Gasteiger charge is -2.36. The summed E-state index contributed by atoms with van der Waals surface area (Å²) in [4.78, 5) is 10.7. The predicted molar refractivity (Wildman–Crippen MR) is 76.1 cm³/mol. The fourth-order valence-corrected chi connectivity index (χ4v) is 3.57. The Morgan fingerprint density at radius 3 is 1.37 bits per heavy atom. The highest BCUT2D eigenvalue weighted by Crippen LogP contribution is 2.55. The zero-order valence-electron chi connectivity index (χ0n) is 15.3. The van der Waals surface area contributed by atoms with Gasteiger partial charge in [-0.25, -0.2) is 21.9 Å². The number of halogens is 16. The standard InChI is InChI=1S/C13H3F16NO4S/c14-4-3(9(18,19)20)5(15)7(17)8(6(4)16)30(1-2(31)32)35(33,34)13(28,29)11(23,24)10(21,22)12(25,26)27/h1H2,(H,31,32). The van der Waals surface area contributed by atoms with Crippen LogP contribution in [-0.4, -0.2) is 49.3 Å². The van der Waals surface area contributed by atoms with Gasteiger partial charge in [-0.2, -0.15) is 61.1 Å². The Bertz CT molecular complexity index is 1090. The summed E-state index contributed by atoms with van der Waals surface area (Å²) in [6, 6.07) is 0. The molecular formula is C13H3F16NO4S. The van der Waals surface area contributed by atoms with Crippen LogP contribution >= 0.6 is 0 Å². The monoisotopic (exact) mass is 573 g/mol. The number of anilines is 1. The van der Waals surface area contributed by atoms with Crippen LogP contribution < -0.4 is 4.31 Å². The first-order valence-electron chi connectivity index (χ1n) is 7.56. The maximum Gasteiger partial charge on any atom is 0.460 e. The summed E-state index contributed by atoms with van der Waals surface area (Å²) in [6.45, 7) is -3.05. The van der Waals surface area contributed by atoms with Gasteiger partial charge < -0.3 is 5.11 Å². The summed E-state index contributed by atoms with van der Waals surface area (Å²) < 4.78 is 232. The van der Waals surface area contributed by atoms with E-state index < -0.39 is 90.8 Å². The molecule has 1 aromatic rings. The number of carboxylic acids is 1. The van der Waals surface area contributed by atoms with Gasteiger partial charge in [-0.05, 0) is 0 Å². The van der Waals surface area contributed by atoms with Crippen molar-refractivity contribution in [2.24, 2.45) is 0 Å².